The van der Waals surface area contributed by atoms with Gasteiger partial charge in [-0.05, 0) is 30.2 Å². The first kappa shape index (κ1) is 17.7. The summed E-state index contributed by atoms with van der Waals surface area (Å²) in [5.74, 6) is 0.604. The van der Waals surface area contributed by atoms with Crippen molar-refractivity contribution in [1.82, 2.24) is 14.7 Å². The molecule has 3 aliphatic heterocycles. The fourth-order valence-electron chi connectivity index (χ4n) is 4.39. The molecular formula is C22H23N5O2. The maximum atomic E-state index is 13.4. The molecule has 0 aromatic heterocycles. The number of anilines is 1. The number of urea groups is 1. The summed E-state index contributed by atoms with van der Waals surface area (Å²) in [5.41, 5.74) is 3.17. The molecule has 7 heteroatoms. The fraction of sp³-hybridized carbons (Fsp3) is 0.318. The molecule has 2 aromatic carbocycles. The van der Waals surface area contributed by atoms with Crippen LogP contribution >= 0.6 is 0 Å². The van der Waals surface area contributed by atoms with Crippen LogP contribution in [0.1, 0.15) is 11.1 Å². The van der Waals surface area contributed by atoms with Crippen molar-refractivity contribution in [2.45, 2.75) is 25.7 Å². The minimum Gasteiger partial charge on any atom is -0.325 e. The Morgan fingerprint density at radius 3 is 2.59 bits per heavy atom. The molecule has 2 atom stereocenters. The van der Waals surface area contributed by atoms with E-state index in [1.54, 1.807) is 11.9 Å². The van der Waals surface area contributed by atoms with E-state index >= 15 is 0 Å². The monoisotopic (exact) mass is 389 g/mol. The second kappa shape index (κ2) is 6.62. The molecule has 0 aliphatic carbocycles. The van der Waals surface area contributed by atoms with Crippen molar-refractivity contribution in [2.75, 3.05) is 25.0 Å². The van der Waals surface area contributed by atoms with E-state index in [0.717, 1.165) is 23.8 Å². The summed E-state index contributed by atoms with van der Waals surface area (Å²) in [5, 5.41) is 0. The SMILES string of the molecule is Cc1cccc(N2CCN3C2=NC2C3C(=O)N(Cc3ccccc3)C(=O)N2C)c1. The van der Waals surface area contributed by atoms with Gasteiger partial charge in [-0.2, -0.15) is 0 Å². The van der Waals surface area contributed by atoms with Gasteiger partial charge in [0, 0.05) is 25.8 Å². The molecule has 0 N–H and O–H groups in total. The smallest absolute Gasteiger partial charge is 0.325 e. The third kappa shape index (κ3) is 2.76. The number of aryl methyl sites for hydroxylation is 1. The van der Waals surface area contributed by atoms with Crippen molar-refractivity contribution in [3.05, 3.63) is 65.7 Å². The Labute approximate surface area is 169 Å². The molecule has 0 saturated carbocycles. The normalized spacial score (nSPS) is 23.4. The van der Waals surface area contributed by atoms with Crippen LogP contribution in [0.25, 0.3) is 0 Å². The number of fused-ring (bicyclic) bond motifs is 3. The molecular weight excluding hydrogens is 366 g/mol. The van der Waals surface area contributed by atoms with Crippen LogP contribution in [0, 0.1) is 6.92 Å². The number of carbonyl (C=O) groups is 2. The second-order valence-electron chi connectivity index (χ2n) is 7.78. The first-order valence-electron chi connectivity index (χ1n) is 9.85. The van der Waals surface area contributed by atoms with Gasteiger partial charge in [0.15, 0.2) is 12.2 Å². The third-order valence-corrected chi connectivity index (χ3v) is 5.87. The Bertz CT molecular complexity index is 1010. The standard InChI is InChI=1S/C22H23N5O2/c1-15-7-6-10-17(13-15)25-11-12-26-18-19(23-21(25)26)24(2)22(29)27(20(18)28)14-16-8-4-3-5-9-16/h3-10,13,18-19H,11-12,14H2,1-2H3. The lowest BCUT2D eigenvalue weighted by molar-refractivity contribution is -0.137. The lowest BCUT2D eigenvalue weighted by atomic mass is 10.1. The summed E-state index contributed by atoms with van der Waals surface area (Å²) < 4.78 is 0. The highest BCUT2D eigenvalue weighted by molar-refractivity contribution is 6.07. The van der Waals surface area contributed by atoms with Crippen LogP contribution in [0.4, 0.5) is 10.5 Å². The summed E-state index contributed by atoms with van der Waals surface area (Å²) in [4.78, 5) is 38.2. The molecule has 5 rings (SSSR count). The fourth-order valence-corrected chi connectivity index (χ4v) is 4.39. The van der Waals surface area contributed by atoms with Crippen LogP contribution in [0.2, 0.25) is 0 Å². The van der Waals surface area contributed by atoms with Crippen molar-refractivity contribution in [2.24, 2.45) is 4.99 Å². The van der Waals surface area contributed by atoms with Gasteiger partial charge in [0.2, 0.25) is 5.96 Å². The minimum absolute atomic E-state index is 0.174. The van der Waals surface area contributed by atoms with E-state index in [9.17, 15) is 9.59 Å². The molecule has 148 valence electrons. The van der Waals surface area contributed by atoms with E-state index in [-0.39, 0.29) is 18.5 Å². The second-order valence-corrected chi connectivity index (χ2v) is 7.78. The lowest BCUT2D eigenvalue weighted by Gasteiger charge is -2.40. The number of hydrogen-bond donors (Lipinski definition) is 0. The van der Waals surface area contributed by atoms with E-state index in [2.05, 4.69) is 34.9 Å². The molecule has 0 bridgehead atoms. The number of imide groups is 1. The minimum atomic E-state index is -0.482. The number of likely N-dealkylation sites (N-methyl/N-ethyl adjacent to an activating group) is 1. The van der Waals surface area contributed by atoms with Gasteiger partial charge in [-0.15, -0.1) is 0 Å². The Balaban J connectivity index is 1.45. The Hall–Kier alpha value is -3.35. The van der Waals surface area contributed by atoms with E-state index in [1.165, 1.54) is 10.5 Å². The summed E-state index contributed by atoms with van der Waals surface area (Å²) in [6, 6.07) is 17.1. The topological polar surface area (TPSA) is 59.5 Å². The summed E-state index contributed by atoms with van der Waals surface area (Å²) in [6.07, 6.45) is -0.482. The van der Waals surface area contributed by atoms with Gasteiger partial charge in [-0.1, -0.05) is 42.5 Å². The van der Waals surface area contributed by atoms with E-state index < -0.39 is 12.2 Å². The highest BCUT2D eigenvalue weighted by Crippen LogP contribution is 2.33. The van der Waals surface area contributed by atoms with Crippen LogP contribution in [-0.2, 0) is 11.3 Å². The molecule has 0 spiro atoms. The molecule has 0 radical (unpaired) electrons. The van der Waals surface area contributed by atoms with Crippen molar-refractivity contribution < 1.29 is 9.59 Å². The van der Waals surface area contributed by atoms with Crippen molar-refractivity contribution in [3.63, 3.8) is 0 Å². The quantitative estimate of drug-likeness (QED) is 0.808. The zero-order chi connectivity index (χ0) is 20.1. The average molecular weight is 389 g/mol. The summed E-state index contributed by atoms with van der Waals surface area (Å²) in [6.45, 7) is 3.82. The number of guanidine groups is 1. The van der Waals surface area contributed by atoms with E-state index in [0.29, 0.717) is 6.54 Å². The van der Waals surface area contributed by atoms with Gasteiger partial charge in [0.25, 0.3) is 5.91 Å². The third-order valence-electron chi connectivity index (χ3n) is 5.87. The maximum Gasteiger partial charge on any atom is 0.328 e. The summed E-state index contributed by atoms with van der Waals surface area (Å²) in [7, 11) is 1.73. The number of hydrogen-bond acceptors (Lipinski definition) is 5. The first-order chi connectivity index (χ1) is 14.0. The Morgan fingerprint density at radius 2 is 1.83 bits per heavy atom. The van der Waals surface area contributed by atoms with Crippen molar-refractivity contribution in [1.29, 1.82) is 0 Å². The molecule has 7 nitrogen and oxygen atoms in total. The molecule has 2 unspecified atom stereocenters. The zero-order valence-corrected chi connectivity index (χ0v) is 16.5. The zero-order valence-electron chi connectivity index (χ0n) is 16.5. The number of rotatable bonds is 3. The Morgan fingerprint density at radius 1 is 1.03 bits per heavy atom. The average Bonchev–Trinajstić information content (AvgIpc) is 3.30. The molecule has 3 aliphatic rings. The first-order valence-corrected chi connectivity index (χ1v) is 9.85. The van der Waals surface area contributed by atoms with Crippen LogP contribution in [0.3, 0.4) is 0 Å². The number of benzene rings is 2. The Kier molecular flexibility index (Phi) is 4.04. The molecule has 2 aromatic rings. The van der Waals surface area contributed by atoms with Gasteiger partial charge in [0.1, 0.15) is 0 Å². The van der Waals surface area contributed by atoms with Crippen molar-refractivity contribution in [3.8, 4) is 0 Å². The molecule has 3 heterocycles. The van der Waals surface area contributed by atoms with Gasteiger partial charge in [-0.25, -0.2) is 9.79 Å². The van der Waals surface area contributed by atoms with Crippen LogP contribution in [-0.4, -0.2) is 64.9 Å². The number of carbonyl (C=O) groups excluding carboxylic acids is 2. The predicted molar refractivity (Wildman–Crippen MR) is 110 cm³/mol. The van der Waals surface area contributed by atoms with E-state index in [1.807, 2.05) is 36.4 Å². The highest BCUT2D eigenvalue weighted by atomic mass is 16.2. The highest BCUT2D eigenvalue weighted by Gasteiger charge is 2.54. The van der Waals surface area contributed by atoms with Crippen molar-refractivity contribution >= 4 is 23.6 Å². The number of aliphatic imine (C=N–C) groups is 1. The molecule has 2 saturated heterocycles. The summed E-state index contributed by atoms with van der Waals surface area (Å²) >= 11 is 0. The van der Waals surface area contributed by atoms with Gasteiger partial charge in [-0.3, -0.25) is 9.69 Å². The van der Waals surface area contributed by atoms with Crippen LogP contribution in [0.5, 0.6) is 0 Å². The maximum absolute atomic E-state index is 13.4. The number of nitrogens with zero attached hydrogens (tertiary/aromatic N) is 5. The lowest BCUT2D eigenvalue weighted by Crippen LogP contribution is -2.64. The van der Waals surface area contributed by atoms with Crippen LogP contribution < -0.4 is 4.90 Å². The predicted octanol–water partition coefficient (Wildman–Crippen LogP) is 2.28. The van der Waals surface area contributed by atoms with Gasteiger partial charge < -0.3 is 14.7 Å². The molecule has 29 heavy (non-hydrogen) atoms. The van der Waals surface area contributed by atoms with Gasteiger partial charge in [0.05, 0.1) is 6.54 Å². The molecule has 3 amide bonds. The van der Waals surface area contributed by atoms with E-state index in [4.69, 9.17) is 4.99 Å². The van der Waals surface area contributed by atoms with Crippen LogP contribution in [0.15, 0.2) is 59.6 Å². The number of amides is 3. The largest absolute Gasteiger partial charge is 0.328 e. The molecule has 2 fully saturated rings. The van der Waals surface area contributed by atoms with Gasteiger partial charge >= 0.3 is 6.03 Å².